The summed E-state index contributed by atoms with van der Waals surface area (Å²) >= 11 is 0. The van der Waals surface area contributed by atoms with Crippen molar-refractivity contribution in [2.24, 2.45) is 17.6 Å². The van der Waals surface area contributed by atoms with Crippen LogP contribution < -0.4 is 11.1 Å². The standard InChI is InChI=1S/C13H25N3O2/c1-9-4-5-10(14)8-11(9)13(18)15-7-6-12(17)16(2)3/h9-11H,4-8,14H2,1-3H3,(H,15,18). The summed E-state index contributed by atoms with van der Waals surface area (Å²) in [6.45, 7) is 2.51. The molecule has 104 valence electrons. The molecule has 0 aromatic carbocycles. The van der Waals surface area contributed by atoms with E-state index in [1.54, 1.807) is 14.1 Å². The van der Waals surface area contributed by atoms with Crippen molar-refractivity contribution >= 4 is 11.8 Å². The fourth-order valence-corrected chi connectivity index (χ4v) is 2.37. The average molecular weight is 255 g/mol. The van der Waals surface area contributed by atoms with Crippen LogP contribution in [0.1, 0.15) is 32.6 Å². The summed E-state index contributed by atoms with van der Waals surface area (Å²) in [7, 11) is 3.43. The Bertz CT molecular complexity index is 305. The highest BCUT2D eigenvalue weighted by Crippen LogP contribution is 2.29. The second kappa shape index (κ2) is 6.73. The van der Waals surface area contributed by atoms with Gasteiger partial charge in [0.1, 0.15) is 0 Å². The van der Waals surface area contributed by atoms with Gasteiger partial charge in [0, 0.05) is 39.0 Å². The number of hydrogen-bond acceptors (Lipinski definition) is 3. The highest BCUT2D eigenvalue weighted by atomic mass is 16.2. The number of nitrogens with two attached hydrogens (primary N) is 1. The van der Waals surface area contributed by atoms with Crippen LogP contribution in [0.15, 0.2) is 0 Å². The Balaban J connectivity index is 2.33. The van der Waals surface area contributed by atoms with Gasteiger partial charge >= 0.3 is 0 Å². The summed E-state index contributed by atoms with van der Waals surface area (Å²) in [5, 5.41) is 2.85. The number of carbonyl (C=O) groups excluding carboxylic acids is 2. The minimum absolute atomic E-state index is 0.00297. The van der Waals surface area contributed by atoms with Crippen molar-refractivity contribution in [2.75, 3.05) is 20.6 Å². The maximum absolute atomic E-state index is 12.0. The van der Waals surface area contributed by atoms with E-state index in [4.69, 9.17) is 5.73 Å². The molecule has 3 N–H and O–H groups in total. The first-order valence-electron chi connectivity index (χ1n) is 6.65. The van der Waals surface area contributed by atoms with E-state index in [2.05, 4.69) is 12.2 Å². The molecule has 1 fully saturated rings. The number of amides is 2. The number of rotatable bonds is 4. The molecule has 2 amide bonds. The van der Waals surface area contributed by atoms with Crippen LogP contribution in [0.5, 0.6) is 0 Å². The minimum atomic E-state index is 0.00297. The van der Waals surface area contributed by atoms with Crippen molar-refractivity contribution in [3.05, 3.63) is 0 Å². The first-order valence-corrected chi connectivity index (χ1v) is 6.65. The summed E-state index contributed by atoms with van der Waals surface area (Å²) in [5.74, 6) is 0.463. The lowest BCUT2D eigenvalue weighted by atomic mass is 9.78. The molecule has 0 aliphatic heterocycles. The molecule has 3 unspecified atom stereocenters. The molecular weight excluding hydrogens is 230 g/mol. The molecule has 3 atom stereocenters. The quantitative estimate of drug-likeness (QED) is 0.761. The molecule has 1 aliphatic rings. The van der Waals surface area contributed by atoms with E-state index in [9.17, 15) is 9.59 Å². The zero-order valence-electron chi connectivity index (χ0n) is 11.6. The van der Waals surface area contributed by atoms with E-state index in [0.717, 1.165) is 19.3 Å². The molecule has 1 rings (SSSR count). The van der Waals surface area contributed by atoms with Crippen LogP contribution in [-0.4, -0.2) is 43.4 Å². The highest BCUT2D eigenvalue weighted by Gasteiger charge is 2.30. The van der Waals surface area contributed by atoms with E-state index in [1.807, 2.05) is 0 Å². The maximum atomic E-state index is 12.0. The van der Waals surface area contributed by atoms with Crippen molar-refractivity contribution in [1.29, 1.82) is 0 Å². The largest absolute Gasteiger partial charge is 0.355 e. The molecule has 1 saturated carbocycles. The van der Waals surface area contributed by atoms with Gasteiger partial charge in [-0.15, -0.1) is 0 Å². The molecule has 5 heteroatoms. The monoisotopic (exact) mass is 255 g/mol. The Kier molecular flexibility index (Phi) is 5.59. The lowest BCUT2D eigenvalue weighted by Gasteiger charge is -2.31. The normalized spacial score (nSPS) is 27.7. The third kappa shape index (κ3) is 4.29. The van der Waals surface area contributed by atoms with Gasteiger partial charge in [0.15, 0.2) is 0 Å². The van der Waals surface area contributed by atoms with E-state index in [1.165, 1.54) is 4.90 Å². The summed E-state index contributed by atoms with van der Waals surface area (Å²) in [5.41, 5.74) is 5.90. The van der Waals surface area contributed by atoms with Gasteiger partial charge < -0.3 is 16.0 Å². The number of nitrogens with zero attached hydrogens (tertiary/aromatic N) is 1. The van der Waals surface area contributed by atoms with E-state index in [-0.39, 0.29) is 23.8 Å². The van der Waals surface area contributed by atoms with Gasteiger partial charge in [-0.1, -0.05) is 6.92 Å². The molecule has 0 bridgehead atoms. The molecule has 0 saturated heterocycles. The van der Waals surface area contributed by atoms with Crippen molar-refractivity contribution < 1.29 is 9.59 Å². The molecule has 0 aromatic rings. The summed E-state index contributed by atoms with van der Waals surface area (Å²) in [6.07, 6.45) is 3.13. The van der Waals surface area contributed by atoms with Gasteiger partial charge in [-0.05, 0) is 25.2 Å². The van der Waals surface area contributed by atoms with Crippen LogP contribution in [-0.2, 0) is 9.59 Å². The Labute approximate surface area is 109 Å². The maximum Gasteiger partial charge on any atom is 0.223 e. The number of hydrogen-bond donors (Lipinski definition) is 2. The van der Waals surface area contributed by atoms with Crippen molar-refractivity contribution in [1.82, 2.24) is 10.2 Å². The van der Waals surface area contributed by atoms with Gasteiger partial charge in [0.2, 0.25) is 11.8 Å². The Hall–Kier alpha value is -1.10. The Morgan fingerprint density at radius 1 is 1.33 bits per heavy atom. The third-order valence-electron chi connectivity index (χ3n) is 3.71. The van der Waals surface area contributed by atoms with Gasteiger partial charge in [-0.2, -0.15) is 0 Å². The fourth-order valence-electron chi connectivity index (χ4n) is 2.37. The Morgan fingerprint density at radius 2 is 2.00 bits per heavy atom. The molecule has 5 nitrogen and oxygen atoms in total. The Morgan fingerprint density at radius 3 is 2.61 bits per heavy atom. The lowest BCUT2D eigenvalue weighted by Crippen LogP contribution is -2.42. The van der Waals surface area contributed by atoms with E-state index >= 15 is 0 Å². The molecule has 0 radical (unpaired) electrons. The predicted octanol–water partition coefficient (Wildman–Crippen LogP) is 0.344. The topological polar surface area (TPSA) is 75.4 Å². The SMILES string of the molecule is CC1CCC(N)CC1C(=O)NCCC(=O)N(C)C. The second-order valence-electron chi connectivity index (χ2n) is 5.49. The van der Waals surface area contributed by atoms with Crippen LogP contribution in [0, 0.1) is 11.8 Å². The third-order valence-corrected chi connectivity index (χ3v) is 3.71. The molecule has 0 aromatic heterocycles. The van der Waals surface area contributed by atoms with E-state index in [0.29, 0.717) is 18.9 Å². The minimum Gasteiger partial charge on any atom is -0.355 e. The van der Waals surface area contributed by atoms with E-state index < -0.39 is 0 Å². The van der Waals surface area contributed by atoms with Crippen LogP contribution in [0.3, 0.4) is 0 Å². The van der Waals surface area contributed by atoms with Crippen LogP contribution in [0.2, 0.25) is 0 Å². The van der Waals surface area contributed by atoms with Gasteiger partial charge in [-0.3, -0.25) is 9.59 Å². The first kappa shape index (κ1) is 15.0. The van der Waals surface area contributed by atoms with Gasteiger partial charge in [0.25, 0.3) is 0 Å². The first-order chi connectivity index (χ1) is 8.41. The average Bonchev–Trinajstić information content (AvgIpc) is 2.31. The predicted molar refractivity (Wildman–Crippen MR) is 70.8 cm³/mol. The second-order valence-corrected chi connectivity index (χ2v) is 5.49. The lowest BCUT2D eigenvalue weighted by molar-refractivity contribution is -0.129. The summed E-state index contributed by atoms with van der Waals surface area (Å²) in [4.78, 5) is 24.9. The summed E-state index contributed by atoms with van der Waals surface area (Å²) in [6, 6.07) is 0.139. The number of nitrogens with one attached hydrogen (secondary N) is 1. The smallest absolute Gasteiger partial charge is 0.223 e. The van der Waals surface area contributed by atoms with Gasteiger partial charge in [0.05, 0.1) is 0 Å². The fraction of sp³-hybridized carbons (Fsp3) is 0.846. The van der Waals surface area contributed by atoms with Crippen molar-refractivity contribution in [3.8, 4) is 0 Å². The highest BCUT2D eigenvalue weighted by molar-refractivity contribution is 5.80. The van der Waals surface area contributed by atoms with Crippen molar-refractivity contribution in [2.45, 2.75) is 38.6 Å². The molecule has 0 spiro atoms. The molecular formula is C13H25N3O2. The van der Waals surface area contributed by atoms with Gasteiger partial charge in [-0.25, -0.2) is 0 Å². The van der Waals surface area contributed by atoms with Crippen LogP contribution in [0.4, 0.5) is 0 Å². The molecule has 18 heavy (non-hydrogen) atoms. The zero-order valence-corrected chi connectivity index (χ0v) is 11.6. The summed E-state index contributed by atoms with van der Waals surface area (Å²) < 4.78 is 0. The molecule has 0 heterocycles. The molecule has 1 aliphatic carbocycles. The number of carbonyl (C=O) groups is 2. The zero-order chi connectivity index (χ0) is 13.7. The van der Waals surface area contributed by atoms with Crippen LogP contribution in [0.25, 0.3) is 0 Å². The van der Waals surface area contributed by atoms with Crippen molar-refractivity contribution in [3.63, 3.8) is 0 Å². The van der Waals surface area contributed by atoms with Crippen LogP contribution >= 0.6 is 0 Å².